The molecule has 1 heterocycles. The predicted molar refractivity (Wildman–Crippen MR) is 46.0 cm³/mol. The molecule has 0 saturated heterocycles. The van der Waals surface area contributed by atoms with Crippen LogP contribution in [-0.2, 0) is 0 Å². The minimum atomic E-state index is 0.298. The van der Waals surface area contributed by atoms with Crippen molar-refractivity contribution in [1.29, 1.82) is 0 Å². The van der Waals surface area contributed by atoms with E-state index in [4.69, 9.17) is 29.0 Å². The van der Waals surface area contributed by atoms with Crippen LogP contribution in [0.15, 0.2) is 17.2 Å². The van der Waals surface area contributed by atoms with Crippen LogP contribution in [0.1, 0.15) is 5.56 Å². The number of aromatic nitrogens is 1. The van der Waals surface area contributed by atoms with Crippen LogP contribution in [0.25, 0.3) is 0 Å². The Kier molecular flexibility index (Phi) is 2.68. The first kappa shape index (κ1) is 8.30. The van der Waals surface area contributed by atoms with Crippen LogP contribution in [0.3, 0.4) is 0 Å². The third kappa shape index (κ3) is 2.06. The number of hydrogen-bond donors (Lipinski definition) is 1. The van der Waals surface area contributed by atoms with E-state index in [-0.39, 0.29) is 0 Å². The van der Waals surface area contributed by atoms with Crippen LogP contribution >= 0.6 is 23.2 Å². The molecule has 0 fully saturated rings. The normalized spacial score (nSPS) is 10.7. The van der Waals surface area contributed by atoms with Gasteiger partial charge in [0.2, 0.25) is 0 Å². The number of nitrogens with two attached hydrogens (primary N) is 1. The van der Waals surface area contributed by atoms with Gasteiger partial charge in [0.1, 0.15) is 10.3 Å². The zero-order chi connectivity index (χ0) is 8.27. The molecule has 1 aromatic heterocycles. The zero-order valence-corrected chi connectivity index (χ0v) is 6.97. The van der Waals surface area contributed by atoms with Crippen molar-refractivity contribution in [3.8, 4) is 0 Å². The molecule has 0 radical (unpaired) electrons. The first-order valence-corrected chi connectivity index (χ1v) is 3.55. The molecule has 3 nitrogen and oxygen atoms in total. The van der Waals surface area contributed by atoms with Gasteiger partial charge in [-0.25, -0.2) is 4.98 Å². The van der Waals surface area contributed by atoms with Crippen LogP contribution in [0.4, 0.5) is 0 Å². The molecule has 0 bridgehead atoms. The van der Waals surface area contributed by atoms with Crippen molar-refractivity contribution in [3.63, 3.8) is 0 Å². The molecule has 11 heavy (non-hydrogen) atoms. The van der Waals surface area contributed by atoms with Crippen molar-refractivity contribution in [2.45, 2.75) is 0 Å². The SMILES string of the molecule is NN=Cc1ccc(Cl)nc1Cl. The highest BCUT2D eigenvalue weighted by atomic mass is 35.5. The standard InChI is InChI=1S/C6H5Cl2N3/c7-5-2-1-4(3-10-9)6(8)11-5/h1-3H,9H2. The summed E-state index contributed by atoms with van der Waals surface area (Å²) < 4.78 is 0. The summed E-state index contributed by atoms with van der Waals surface area (Å²) in [5.41, 5.74) is 0.651. The molecule has 0 aromatic carbocycles. The summed E-state index contributed by atoms with van der Waals surface area (Å²) in [7, 11) is 0. The Balaban J connectivity index is 3.09. The van der Waals surface area contributed by atoms with Crippen molar-refractivity contribution < 1.29 is 0 Å². The minimum Gasteiger partial charge on any atom is -0.323 e. The van der Waals surface area contributed by atoms with E-state index in [1.54, 1.807) is 12.1 Å². The summed E-state index contributed by atoms with van der Waals surface area (Å²) in [5, 5.41) is 3.95. The summed E-state index contributed by atoms with van der Waals surface area (Å²) in [4.78, 5) is 3.78. The van der Waals surface area contributed by atoms with Crippen LogP contribution < -0.4 is 5.84 Å². The van der Waals surface area contributed by atoms with Gasteiger partial charge in [0.15, 0.2) is 0 Å². The maximum atomic E-state index is 5.67. The average Bonchev–Trinajstić information content (AvgIpc) is 1.95. The summed E-state index contributed by atoms with van der Waals surface area (Å²) in [6, 6.07) is 3.30. The second-order valence-electron chi connectivity index (χ2n) is 1.79. The van der Waals surface area contributed by atoms with Crippen molar-refractivity contribution in [2.24, 2.45) is 10.9 Å². The summed E-state index contributed by atoms with van der Waals surface area (Å²) in [6.07, 6.45) is 1.41. The van der Waals surface area contributed by atoms with E-state index >= 15 is 0 Å². The maximum absolute atomic E-state index is 5.67. The largest absolute Gasteiger partial charge is 0.323 e. The van der Waals surface area contributed by atoms with Crippen LogP contribution in [0.2, 0.25) is 10.3 Å². The van der Waals surface area contributed by atoms with Gasteiger partial charge in [-0.05, 0) is 12.1 Å². The van der Waals surface area contributed by atoms with E-state index in [1.165, 1.54) is 6.21 Å². The minimum absolute atomic E-state index is 0.298. The highest BCUT2D eigenvalue weighted by Gasteiger charge is 1.98. The fourth-order valence-electron chi connectivity index (χ4n) is 0.599. The van der Waals surface area contributed by atoms with Crippen molar-refractivity contribution in [2.75, 3.05) is 0 Å². The van der Waals surface area contributed by atoms with Gasteiger partial charge in [-0.2, -0.15) is 5.10 Å². The molecule has 58 valence electrons. The maximum Gasteiger partial charge on any atom is 0.139 e. The molecule has 0 atom stereocenters. The molecule has 1 rings (SSSR count). The van der Waals surface area contributed by atoms with Gasteiger partial charge in [-0.1, -0.05) is 23.2 Å². The van der Waals surface area contributed by atoms with E-state index in [1.807, 2.05) is 0 Å². The molecule has 0 unspecified atom stereocenters. The Morgan fingerprint density at radius 3 is 2.73 bits per heavy atom. The lowest BCUT2D eigenvalue weighted by Crippen LogP contribution is -1.89. The van der Waals surface area contributed by atoms with E-state index in [9.17, 15) is 0 Å². The summed E-state index contributed by atoms with van der Waals surface area (Å²) in [6.45, 7) is 0. The van der Waals surface area contributed by atoms with Gasteiger partial charge in [0.25, 0.3) is 0 Å². The molecule has 2 N–H and O–H groups in total. The quantitative estimate of drug-likeness (QED) is 0.317. The van der Waals surface area contributed by atoms with E-state index in [2.05, 4.69) is 10.1 Å². The Morgan fingerprint density at radius 2 is 2.18 bits per heavy atom. The lowest BCUT2D eigenvalue weighted by molar-refractivity contribution is 1.25. The predicted octanol–water partition coefficient (Wildman–Crippen LogP) is 1.68. The zero-order valence-electron chi connectivity index (χ0n) is 5.46. The molecule has 0 saturated carbocycles. The van der Waals surface area contributed by atoms with Gasteiger partial charge in [-0.15, -0.1) is 0 Å². The van der Waals surface area contributed by atoms with Gasteiger partial charge in [-0.3, -0.25) is 0 Å². The number of hydrogen-bond acceptors (Lipinski definition) is 3. The fraction of sp³-hybridized carbons (Fsp3) is 0. The molecule has 1 aromatic rings. The van der Waals surface area contributed by atoms with Crippen molar-refractivity contribution >= 4 is 29.4 Å². The van der Waals surface area contributed by atoms with Gasteiger partial charge in [0, 0.05) is 5.56 Å². The summed E-state index contributed by atoms with van der Waals surface area (Å²) in [5.74, 6) is 4.92. The van der Waals surface area contributed by atoms with Crippen molar-refractivity contribution in [3.05, 3.63) is 28.0 Å². The Bertz CT molecular complexity index is 285. The smallest absolute Gasteiger partial charge is 0.139 e. The molecule has 0 aliphatic rings. The number of halogens is 2. The van der Waals surface area contributed by atoms with E-state index in [0.717, 1.165) is 0 Å². The van der Waals surface area contributed by atoms with Gasteiger partial charge >= 0.3 is 0 Å². The first-order valence-electron chi connectivity index (χ1n) is 2.79. The molecule has 5 heteroatoms. The molecule has 0 aliphatic carbocycles. The number of rotatable bonds is 1. The average molecular weight is 190 g/mol. The Labute approximate surface area is 73.8 Å². The highest BCUT2D eigenvalue weighted by molar-refractivity contribution is 6.34. The second kappa shape index (κ2) is 3.55. The van der Waals surface area contributed by atoms with Gasteiger partial charge < -0.3 is 5.84 Å². The molecule has 0 aliphatic heterocycles. The Morgan fingerprint density at radius 1 is 1.45 bits per heavy atom. The lowest BCUT2D eigenvalue weighted by atomic mass is 10.3. The second-order valence-corrected chi connectivity index (χ2v) is 2.54. The molecular formula is C6H5Cl2N3. The lowest BCUT2D eigenvalue weighted by Gasteiger charge is -1.94. The van der Waals surface area contributed by atoms with Crippen molar-refractivity contribution in [1.82, 2.24) is 4.98 Å². The number of nitrogens with zero attached hydrogens (tertiary/aromatic N) is 2. The monoisotopic (exact) mass is 189 g/mol. The van der Waals surface area contributed by atoms with E-state index in [0.29, 0.717) is 15.9 Å². The topological polar surface area (TPSA) is 51.3 Å². The van der Waals surface area contributed by atoms with Crippen LogP contribution in [-0.4, -0.2) is 11.2 Å². The summed E-state index contributed by atoms with van der Waals surface area (Å²) >= 11 is 11.2. The number of pyridine rings is 1. The van der Waals surface area contributed by atoms with Crippen LogP contribution in [0.5, 0.6) is 0 Å². The third-order valence-corrected chi connectivity index (χ3v) is 1.57. The molecule has 0 amide bonds. The van der Waals surface area contributed by atoms with Crippen LogP contribution in [0, 0.1) is 0 Å². The highest BCUT2D eigenvalue weighted by Crippen LogP contribution is 2.14. The fourth-order valence-corrected chi connectivity index (χ4v) is 0.993. The number of hydrazone groups is 1. The van der Waals surface area contributed by atoms with E-state index < -0.39 is 0 Å². The molecule has 0 spiro atoms. The van der Waals surface area contributed by atoms with Gasteiger partial charge in [0.05, 0.1) is 6.21 Å². The first-order chi connectivity index (χ1) is 5.24. The Hall–Kier alpha value is -0.800. The molecular weight excluding hydrogens is 185 g/mol. The third-order valence-electron chi connectivity index (χ3n) is 1.06.